The second-order valence-electron chi connectivity index (χ2n) is 6.62. The molecule has 0 atom stereocenters. The summed E-state index contributed by atoms with van der Waals surface area (Å²) in [5.41, 5.74) is 3.94. The van der Waals surface area contributed by atoms with Crippen molar-refractivity contribution < 1.29 is 9.53 Å². The maximum Gasteiger partial charge on any atom is 0.266 e. The van der Waals surface area contributed by atoms with Crippen LogP contribution in [0.25, 0.3) is 11.8 Å². The lowest BCUT2D eigenvalue weighted by molar-refractivity contribution is -0.112. The van der Waals surface area contributed by atoms with Crippen molar-refractivity contribution in [3.63, 3.8) is 0 Å². The molecule has 1 amide bonds. The van der Waals surface area contributed by atoms with Crippen LogP contribution in [-0.4, -0.2) is 17.6 Å². The highest BCUT2D eigenvalue weighted by Gasteiger charge is 2.15. The van der Waals surface area contributed by atoms with Crippen molar-refractivity contribution in [2.75, 3.05) is 12.4 Å². The minimum absolute atomic E-state index is 0.00721. The van der Waals surface area contributed by atoms with Crippen LogP contribution in [0.4, 0.5) is 5.69 Å². The molecule has 1 N–H and O–H groups in total. The van der Waals surface area contributed by atoms with Crippen LogP contribution >= 0.6 is 23.2 Å². The Morgan fingerprint density at radius 2 is 1.90 bits per heavy atom. The number of aryl methyl sites for hydroxylation is 1. The molecule has 0 saturated carbocycles. The predicted molar refractivity (Wildman–Crippen MR) is 120 cm³/mol. The molecule has 0 aliphatic rings. The quantitative estimate of drug-likeness (QED) is 0.394. The van der Waals surface area contributed by atoms with Crippen LogP contribution in [0.1, 0.15) is 17.0 Å². The van der Waals surface area contributed by atoms with E-state index in [2.05, 4.69) is 5.32 Å². The largest absolute Gasteiger partial charge is 0.497 e. The third-order valence-electron chi connectivity index (χ3n) is 4.62. The summed E-state index contributed by atoms with van der Waals surface area (Å²) >= 11 is 12.2. The molecule has 3 rings (SSSR count). The van der Waals surface area contributed by atoms with Crippen LogP contribution < -0.4 is 10.1 Å². The van der Waals surface area contributed by atoms with E-state index in [0.29, 0.717) is 21.5 Å². The molecule has 0 fully saturated rings. The van der Waals surface area contributed by atoms with Gasteiger partial charge in [-0.2, -0.15) is 5.26 Å². The summed E-state index contributed by atoms with van der Waals surface area (Å²) < 4.78 is 7.15. The number of nitriles is 1. The summed E-state index contributed by atoms with van der Waals surface area (Å²) in [7, 11) is 1.55. The molecule has 30 heavy (non-hydrogen) atoms. The molecule has 0 aliphatic carbocycles. The van der Waals surface area contributed by atoms with E-state index in [9.17, 15) is 10.1 Å². The molecule has 1 heterocycles. The molecule has 152 valence electrons. The van der Waals surface area contributed by atoms with Crippen molar-refractivity contribution in [2.24, 2.45) is 0 Å². The summed E-state index contributed by atoms with van der Waals surface area (Å²) in [5.74, 6) is 0.116. The van der Waals surface area contributed by atoms with E-state index in [1.807, 2.05) is 36.6 Å². The van der Waals surface area contributed by atoms with Gasteiger partial charge in [-0.15, -0.1) is 0 Å². The molecule has 1 aromatic heterocycles. The summed E-state index contributed by atoms with van der Waals surface area (Å²) in [6.07, 6.45) is 1.58. The van der Waals surface area contributed by atoms with E-state index in [1.54, 1.807) is 49.6 Å². The van der Waals surface area contributed by atoms with E-state index in [0.717, 1.165) is 22.6 Å². The number of ether oxygens (including phenoxy) is 1. The van der Waals surface area contributed by atoms with Gasteiger partial charge in [-0.25, -0.2) is 0 Å². The number of carbonyl (C=O) groups is 1. The highest BCUT2D eigenvalue weighted by Crippen LogP contribution is 2.28. The monoisotopic (exact) mass is 439 g/mol. The lowest BCUT2D eigenvalue weighted by Crippen LogP contribution is -2.13. The van der Waals surface area contributed by atoms with Crippen LogP contribution in [-0.2, 0) is 4.79 Å². The number of rotatable bonds is 5. The average Bonchev–Trinajstić information content (AvgIpc) is 3.01. The molecule has 3 aromatic rings. The standard InChI is InChI=1S/C23H19Cl2N3O2/c1-14-9-16(15(2)28(14)19-7-8-21(24)22(25)12-19)10-17(13-26)23(29)27-18-5-4-6-20(11-18)30-3/h4-12H,1-3H3,(H,27,29)/b17-10-. The van der Waals surface area contributed by atoms with Gasteiger partial charge in [-0.3, -0.25) is 4.79 Å². The fraction of sp³-hybridized carbons (Fsp3) is 0.130. The Bertz CT molecular complexity index is 1190. The summed E-state index contributed by atoms with van der Waals surface area (Å²) in [6, 6.07) is 16.2. The zero-order valence-corrected chi connectivity index (χ0v) is 18.2. The Kier molecular flexibility index (Phi) is 6.51. The first kappa shape index (κ1) is 21.5. The van der Waals surface area contributed by atoms with Gasteiger partial charge in [-0.1, -0.05) is 29.3 Å². The van der Waals surface area contributed by atoms with Gasteiger partial charge >= 0.3 is 0 Å². The number of benzene rings is 2. The van der Waals surface area contributed by atoms with Gasteiger partial charge in [-0.05, 0) is 61.9 Å². The number of carbonyl (C=O) groups excluding carboxylic acids is 1. The highest BCUT2D eigenvalue weighted by atomic mass is 35.5. The van der Waals surface area contributed by atoms with E-state index in [1.165, 1.54) is 0 Å². The number of anilines is 1. The van der Waals surface area contributed by atoms with Crippen molar-refractivity contribution in [2.45, 2.75) is 13.8 Å². The maximum atomic E-state index is 12.6. The fourth-order valence-electron chi connectivity index (χ4n) is 3.16. The molecule has 7 heteroatoms. The molecule has 0 radical (unpaired) electrons. The minimum Gasteiger partial charge on any atom is -0.497 e. The Hall–Kier alpha value is -3.20. The number of methoxy groups -OCH3 is 1. The van der Waals surface area contributed by atoms with E-state index in [4.69, 9.17) is 27.9 Å². The normalized spacial score (nSPS) is 11.1. The summed E-state index contributed by atoms with van der Waals surface area (Å²) in [6.45, 7) is 3.85. The van der Waals surface area contributed by atoms with E-state index < -0.39 is 5.91 Å². The third kappa shape index (κ3) is 4.51. The van der Waals surface area contributed by atoms with Gasteiger partial charge in [0.1, 0.15) is 17.4 Å². The molecule has 0 spiro atoms. The minimum atomic E-state index is -0.495. The van der Waals surface area contributed by atoms with E-state index in [-0.39, 0.29) is 5.57 Å². The van der Waals surface area contributed by atoms with Gasteiger partial charge < -0.3 is 14.6 Å². The van der Waals surface area contributed by atoms with Crippen molar-refractivity contribution in [1.82, 2.24) is 4.57 Å². The number of nitrogens with one attached hydrogen (secondary N) is 1. The van der Waals surface area contributed by atoms with Gasteiger partial charge in [0.05, 0.1) is 17.2 Å². The summed E-state index contributed by atoms with van der Waals surface area (Å²) in [5, 5.41) is 13.2. The maximum absolute atomic E-state index is 12.6. The fourth-order valence-corrected chi connectivity index (χ4v) is 3.45. The van der Waals surface area contributed by atoms with Crippen molar-refractivity contribution in [3.8, 4) is 17.5 Å². The third-order valence-corrected chi connectivity index (χ3v) is 5.36. The lowest BCUT2D eigenvalue weighted by atomic mass is 10.1. The van der Waals surface area contributed by atoms with Crippen molar-refractivity contribution in [1.29, 1.82) is 5.26 Å². The van der Waals surface area contributed by atoms with Crippen LogP contribution in [0.5, 0.6) is 5.75 Å². The van der Waals surface area contributed by atoms with Crippen molar-refractivity contribution >= 4 is 40.9 Å². The smallest absolute Gasteiger partial charge is 0.266 e. The second kappa shape index (κ2) is 9.08. The predicted octanol–water partition coefficient (Wildman–Crippen LogP) is 5.96. The number of nitrogens with zero attached hydrogens (tertiary/aromatic N) is 2. The summed E-state index contributed by atoms with van der Waals surface area (Å²) in [4.78, 5) is 12.6. The van der Waals surface area contributed by atoms with Crippen LogP contribution in [0.2, 0.25) is 10.0 Å². The van der Waals surface area contributed by atoms with Gasteiger partial charge in [0.15, 0.2) is 0 Å². The molecule has 2 aromatic carbocycles. The first-order chi connectivity index (χ1) is 14.3. The van der Waals surface area contributed by atoms with Gasteiger partial charge in [0.25, 0.3) is 5.91 Å². The SMILES string of the molecule is COc1cccc(NC(=O)/C(C#N)=C\c2cc(C)n(-c3ccc(Cl)c(Cl)c3)c2C)c1. The van der Waals surface area contributed by atoms with Crippen LogP contribution in [0.15, 0.2) is 54.1 Å². The Morgan fingerprint density at radius 1 is 1.13 bits per heavy atom. The van der Waals surface area contributed by atoms with Crippen LogP contribution in [0.3, 0.4) is 0 Å². The zero-order valence-electron chi connectivity index (χ0n) is 16.7. The molecular formula is C23H19Cl2N3O2. The molecule has 0 bridgehead atoms. The molecule has 0 aliphatic heterocycles. The topological polar surface area (TPSA) is 67.0 Å². The Labute approximate surface area is 185 Å². The molecule has 5 nitrogen and oxygen atoms in total. The number of aromatic nitrogens is 1. The van der Waals surface area contributed by atoms with Gasteiger partial charge in [0, 0.05) is 28.8 Å². The number of halogens is 2. The molecular weight excluding hydrogens is 421 g/mol. The molecule has 0 unspecified atom stereocenters. The van der Waals surface area contributed by atoms with Crippen molar-refractivity contribution in [3.05, 3.63) is 81.1 Å². The van der Waals surface area contributed by atoms with E-state index >= 15 is 0 Å². The first-order valence-corrected chi connectivity index (χ1v) is 9.81. The van der Waals surface area contributed by atoms with Gasteiger partial charge in [0.2, 0.25) is 0 Å². The average molecular weight is 440 g/mol. The zero-order chi connectivity index (χ0) is 21.8. The molecule has 0 saturated heterocycles. The lowest BCUT2D eigenvalue weighted by Gasteiger charge is -2.11. The Balaban J connectivity index is 1.93. The number of amides is 1. The van der Waals surface area contributed by atoms with Crippen LogP contribution in [0, 0.1) is 25.2 Å². The first-order valence-electron chi connectivity index (χ1n) is 9.05. The Morgan fingerprint density at radius 3 is 2.57 bits per heavy atom. The number of hydrogen-bond donors (Lipinski definition) is 1. The highest BCUT2D eigenvalue weighted by molar-refractivity contribution is 6.42. The second-order valence-corrected chi connectivity index (χ2v) is 7.43. The number of hydrogen-bond acceptors (Lipinski definition) is 3.